The summed E-state index contributed by atoms with van der Waals surface area (Å²) in [5.41, 5.74) is 0.835. The highest BCUT2D eigenvalue weighted by Gasteiger charge is 2.60. The third-order valence-electron chi connectivity index (χ3n) is 10.4. The number of hydrogen-bond donors (Lipinski definition) is 2. The van der Waals surface area contributed by atoms with Gasteiger partial charge in [0.05, 0.1) is 12.7 Å². The van der Waals surface area contributed by atoms with Crippen LogP contribution >= 0.6 is 0 Å². The first-order valence-corrected chi connectivity index (χ1v) is 13.7. The van der Waals surface area contributed by atoms with Gasteiger partial charge in [-0.25, -0.2) is 4.18 Å². The van der Waals surface area contributed by atoms with Crippen molar-refractivity contribution in [2.45, 2.75) is 97.5 Å². The van der Waals surface area contributed by atoms with E-state index in [0.29, 0.717) is 35.0 Å². The van der Waals surface area contributed by atoms with Crippen LogP contribution in [-0.2, 0) is 14.6 Å². The molecule has 6 heteroatoms. The average molecular weight is 443 g/mol. The Balaban J connectivity index is 1.41. The zero-order valence-electron chi connectivity index (χ0n) is 19.1. The van der Waals surface area contributed by atoms with E-state index >= 15 is 0 Å². The van der Waals surface area contributed by atoms with E-state index in [9.17, 15) is 13.5 Å². The molecule has 0 radical (unpaired) electrons. The highest BCUT2D eigenvalue weighted by Crippen LogP contribution is 2.68. The summed E-state index contributed by atoms with van der Waals surface area (Å²) in [6, 6.07) is 0. The van der Waals surface area contributed by atoms with Crippen molar-refractivity contribution in [1.82, 2.24) is 0 Å². The van der Waals surface area contributed by atoms with Gasteiger partial charge in [0.25, 0.3) is 0 Å². The van der Waals surface area contributed by atoms with E-state index in [4.69, 9.17) is 4.55 Å². The molecule has 30 heavy (non-hydrogen) atoms. The van der Waals surface area contributed by atoms with Crippen LogP contribution in [0.5, 0.6) is 0 Å². The molecule has 0 aromatic heterocycles. The topological polar surface area (TPSA) is 83.8 Å². The van der Waals surface area contributed by atoms with E-state index < -0.39 is 10.4 Å². The molecule has 2 N–H and O–H groups in total. The van der Waals surface area contributed by atoms with Crippen molar-refractivity contribution in [3.05, 3.63) is 0 Å². The molecular formula is C24H42O5S. The van der Waals surface area contributed by atoms with Crippen LogP contribution in [-0.4, -0.2) is 30.8 Å². The van der Waals surface area contributed by atoms with Gasteiger partial charge in [0.1, 0.15) is 0 Å². The Morgan fingerprint density at radius 2 is 1.70 bits per heavy atom. The Kier molecular flexibility index (Phi) is 6.37. The van der Waals surface area contributed by atoms with E-state index in [0.717, 1.165) is 37.0 Å². The number of rotatable bonds is 6. The maximum atomic E-state index is 10.8. The summed E-state index contributed by atoms with van der Waals surface area (Å²) in [6.07, 6.45) is 12.7. The lowest BCUT2D eigenvalue weighted by atomic mass is 9.44. The van der Waals surface area contributed by atoms with Crippen LogP contribution < -0.4 is 0 Å². The highest BCUT2D eigenvalue weighted by molar-refractivity contribution is 7.80. The van der Waals surface area contributed by atoms with E-state index in [2.05, 4.69) is 25.0 Å². The summed E-state index contributed by atoms with van der Waals surface area (Å²) >= 11 is 0. The second kappa shape index (κ2) is 8.31. The summed E-state index contributed by atoms with van der Waals surface area (Å²) in [5, 5.41) is 10.2. The van der Waals surface area contributed by atoms with Crippen molar-refractivity contribution in [1.29, 1.82) is 0 Å². The molecule has 9 atom stereocenters. The van der Waals surface area contributed by atoms with Crippen LogP contribution in [0, 0.1) is 46.3 Å². The fourth-order valence-corrected chi connectivity index (χ4v) is 9.31. The van der Waals surface area contributed by atoms with Gasteiger partial charge in [-0.3, -0.25) is 4.55 Å². The van der Waals surface area contributed by atoms with E-state index in [1.807, 2.05) is 0 Å². The Hall–Kier alpha value is -0.170. The van der Waals surface area contributed by atoms with E-state index in [1.165, 1.54) is 44.9 Å². The number of fused-ring (bicyclic) bond motifs is 5. The predicted molar refractivity (Wildman–Crippen MR) is 117 cm³/mol. The van der Waals surface area contributed by atoms with Crippen molar-refractivity contribution in [3.8, 4) is 0 Å². The van der Waals surface area contributed by atoms with Crippen molar-refractivity contribution >= 4 is 10.4 Å². The molecular weight excluding hydrogens is 400 g/mol. The summed E-state index contributed by atoms with van der Waals surface area (Å²) in [5.74, 6) is 4.47. The van der Waals surface area contributed by atoms with Crippen LogP contribution in [0.25, 0.3) is 0 Å². The van der Waals surface area contributed by atoms with Crippen LogP contribution in [0.15, 0.2) is 0 Å². The average Bonchev–Trinajstić information content (AvgIpc) is 3.02. The second-order valence-electron chi connectivity index (χ2n) is 11.7. The van der Waals surface area contributed by atoms with Gasteiger partial charge in [0.15, 0.2) is 0 Å². The third kappa shape index (κ3) is 4.11. The molecule has 0 heterocycles. The highest BCUT2D eigenvalue weighted by atomic mass is 32.3. The molecule has 4 saturated carbocycles. The molecule has 4 fully saturated rings. The zero-order valence-corrected chi connectivity index (χ0v) is 19.9. The second-order valence-corrected chi connectivity index (χ2v) is 12.8. The Morgan fingerprint density at radius 3 is 2.43 bits per heavy atom. The fraction of sp³-hybridized carbons (Fsp3) is 1.00. The van der Waals surface area contributed by atoms with Crippen LogP contribution in [0.2, 0.25) is 0 Å². The number of aliphatic hydroxyl groups excluding tert-OH is 1. The van der Waals surface area contributed by atoms with Gasteiger partial charge in [0.2, 0.25) is 0 Å². The lowest BCUT2D eigenvalue weighted by molar-refractivity contribution is -0.129. The number of hydrogen-bond acceptors (Lipinski definition) is 4. The SMILES string of the molecule is C[C@H](CCCOS(=O)(=O)O)[C@H]1CC[C@H]2[C@@H]3CC[C@@H]4C[C@H](O)CC[C@]4(C)[C@H]3CC[C@]12C. The van der Waals surface area contributed by atoms with E-state index in [1.54, 1.807) is 0 Å². The van der Waals surface area contributed by atoms with Crippen LogP contribution in [0.3, 0.4) is 0 Å². The largest absolute Gasteiger partial charge is 0.397 e. The number of aliphatic hydroxyl groups is 1. The maximum absolute atomic E-state index is 10.8. The first kappa shape index (κ1) is 23.0. The minimum atomic E-state index is -4.32. The molecule has 4 rings (SSSR count). The molecule has 5 nitrogen and oxygen atoms in total. The lowest BCUT2D eigenvalue weighted by Gasteiger charge is -2.61. The van der Waals surface area contributed by atoms with Gasteiger partial charge >= 0.3 is 10.4 Å². The Morgan fingerprint density at radius 1 is 1.00 bits per heavy atom. The van der Waals surface area contributed by atoms with Crippen molar-refractivity contribution in [2.75, 3.05) is 6.61 Å². The standard InChI is InChI=1S/C24H42O5S/c1-16(5-4-14-29-30(26,27)28)20-8-9-21-19-7-6-17-15-18(25)10-12-23(17,2)22(19)11-13-24(20,21)3/h16-22,25H,4-15H2,1-3H3,(H,26,27,28)/t16-,17-,18-,19+,20-,21+,22+,23+,24-/m1/s1. The quantitative estimate of drug-likeness (QED) is 0.434. The van der Waals surface area contributed by atoms with Crippen LogP contribution in [0.4, 0.5) is 0 Å². The summed E-state index contributed by atoms with van der Waals surface area (Å²) in [7, 11) is -4.32. The van der Waals surface area contributed by atoms with Gasteiger partial charge in [-0.05, 0) is 117 Å². The first-order chi connectivity index (χ1) is 14.0. The molecule has 0 bridgehead atoms. The van der Waals surface area contributed by atoms with Crippen molar-refractivity contribution < 1.29 is 22.3 Å². The minimum absolute atomic E-state index is 0.0741. The molecule has 174 valence electrons. The molecule has 0 spiro atoms. The van der Waals surface area contributed by atoms with Crippen molar-refractivity contribution in [3.63, 3.8) is 0 Å². The molecule has 4 aliphatic carbocycles. The summed E-state index contributed by atoms with van der Waals surface area (Å²) in [6.45, 7) is 7.51. The van der Waals surface area contributed by atoms with Gasteiger partial charge in [0, 0.05) is 0 Å². The monoisotopic (exact) mass is 442 g/mol. The Labute approximate surface area is 183 Å². The van der Waals surface area contributed by atoms with Crippen LogP contribution in [0.1, 0.15) is 91.4 Å². The van der Waals surface area contributed by atoms with Gasteiger partial charge in [-0.2, -0.15) is 8.42 Å². The first-order valence-electron chi connectivity index (χ1n) is 12.3. The van der Waals surface area contributed by atoms with Gasteiger partial charge < -0.3 is 5.11 Å². The molecule has 0 amide bonds. The lowest BCUT2D eigenvalue weighted by Crippen LogP contribution is -2.54. The normalized spacial score (nSPS) is 47.2. The molecule has 0 aliphatic heterocycles. The van der Waals surface area contributed by atoms with Crippen molar-refractivity contribution in [2.24, 2.45) is 46.3 Å². The minimum Gasteiger partial charge on any atom is -0.393 e. The van der Waals surface area contributed by atoms with Gasteiger partial charge in [-0.15, -0.1) is 0 Å². The molecule has 0 saturated heterocycles. The zero-order chi connectivity index (χ0) is 21.7. The molecule has 4 aliphatic rings. The smallest absolute Gasteiger partial charge is 0.393 e. The Bertz CT molecular complexity index is 723. The third-order valence-corrected chi connectivity index (χ3v) is 10.9. The summed E-state index contributed by atoms with van der Waals surface area (Å²) in [4.78, 5) is 0. The fourth-order valence-electron chi connectivity index (χ4n) is 8.98. The predicted octanol–water partition coefficient (Wildman–Crippen LogP) is 5.24. The molecule has 0 aromatic rings. The molecule has 0 aromatic carbocycles. The maximum Gasteiger partial charge on any atom is 0.397 e. The van der Waals surface area contributed by atoms with Gasteiger partial charge in [-0.1, -0.05) is 20.8 Å². The summed E-state index contributed by atoms with van der Waals surface area (Å²) < 4.78 is 34.8. The van der Waals surface area contributed by atoms with E-state index in [-0.39, 0.29) is 12.7 Å². The molecule has 0 unspecified atom stereocenters.